The van der Waals surface area contributed by atoms with Crippen LogP contribution in [0.4, 0.5) is 5.69 Å². The Morgan fingerprint density at radius 2 is 1.75 bits per heavy atom. The zero-order chi connectivity index (χ0) is 19.5. The Morgan fingerprint density at radius 3 is 2.43 bits per heavy atom. The number of nitrogens with zero attached hydrogens (tertiary/aromatic N) is 3. The summed E-state index contributed by atoms with van der Waals surface area (Å²) in [7, 11) is 0. The van der Waals surface area contributed by atoms with Gasteiger partial charge in [-0.25, -0.2) is 0 Å². The van der Waals surface area contributed by atoms with Crippen molar-refractivity contribution in [3.63, 3.8) is 0 Å². The van der Waals surface area contributed by atoms with Crippen molar-refractivity contribution in [3.05, 3.63) is 58.6 Å². The van der Waals surface area contributed by atoms with Crippen LogP contribution in [-0.2, 0) is 4.79 Å². The van der Waals surface area contributed by atoms with Crippen LogP contribution >= 0.6 is 11.6 Å². The second kappa shape index (κ2) is 7.83. The Balaban J connectivity index is 1.48. The number of anilines is 1. The van der Waals surface area contributed by atoms with Gasteiger partial charge in [-0.15, -0.1) is 0 Å². The summed E-state index contributed by atoms with van der Waals surface area (Å²) in [6.45, 7) is 2.69. The Hall–Kier alpha value is -3.17. The maximum absolute atomic E-state index is 12.8. The number of nitriles is 1. The second-order valence-corrected chi connectivity index (χ2v) is 6.92. The number of carbonyl (C=O) groups excluding carboxylic acids is 1. The number of fused-ring (bicyclic) bond motifs is 1. The molecule has 0 aromatic heterocycles. The van der Waals surface area contributed by atoms with Crippen LogP contribution in [0.1, 0.15) is 5.56 Å². The van der Waals surface area contributed by atoms with E-state index in [0.29, 0.717) is 35.2 Å². The molecule has 7 heteroatoms. The minimum atomic E-state index is -0.288. The van der Waals surface area contributed by atoms with E-state index in [1.807, 2.05) is 24.3 Å². The number of para-hydroxylation sites is 1. The van der Waals surface area contributed by atoms with E-state index in [4.69, 9.17) is 21.1 Å². The van der Waals surface area contributed by atoms with Gasteiger partial charge in [-0.2, -0.15) is 5.26 Å². The molecular weight excluding hydrogens is 378 g/mol. The Labute approximate surface area is 168 Å². The van der Waals surface area contributed by atoms with E-state index in [-0.39, 0.29) is 18.3 Å². The highest BCUT2D eigenvalue weighted by atomic mass is 35.5. The first-order valence-corrected chi connectivity index (χ1v) is 9.34. The summed E-state index contributed by atoms with van der Waals surface area (Å²) >= 11 is 6.27. The molecule has 1 amide bonds. The summed E-state index contributed by atoms with van der Waals surface area (Å²) in [5.41, 5.74) is 1.74. The lowest BCUT2D eigenvalue weighted by Gasteiger charge is -2.36. The smallest absolute Gasteiger partial charge is 0.264 e. The highest BCUT2D eigenvalue weighted by molar-refractivity contribution is 6.32. The molecule has 2 aliphatic heterocycles. The molecule has 0 spiro atoms. The average molecular weight is 396 g/mol. The molecule has 0 unspecified atom stereocenters. The molecule has 2 heterocycles. The number of hydrogen-bond donors (Lipinski definition) is 0. The SMILES string of the molecule is N#C/C(=C/c1cc2c(cc1Cl)OCO2)C(=O)N1CCN(c2ccccc2)CC1. The number of benzene rings is 2. The molecule has 2 aromatic rings. The zero-order valence-electron chi connectivity index (χ0n) is 15.1. The first kappa shape index (κ1) is 18.2. The van der Waals surface area contributed by atoms with Crippen LogP contribution in [-0.4, -0.2) is 43.8 Å². The molecule has 0 atom stereocenters. The molecule has 0 bridgehead atoms. The molecule has 0 aliphatic carbocycles. The van der Waals surface area contributed by atoms with Crippen molar-refractivity contribution in [2.45, 2.75) is 0 Å². The molecule has 28 heavy (non-hydrogen) atoms. The molecule has 0 N–H and O–H groups in total. The highest BCUT2D eigenvalue weighted by Gasteiger charge is 2.24. The zero-order valence-corrected chi connectivity index (χ0v) is 15.9. The van der Waals surface area contributed by atoms with Gasteiger partial charge in [0.2, 0.25) is 6.79 Å². The number of carbonyl (C=O) groups is 1. The van der Waals surface area contributed by atoms with Crippen LogP contribution in [0.3, 0.4) is 0 Å². The fourth-order valence-electron chi connectivity index (χ4n) is 3.32. The van der Waals surface area contributed by atoms with Gasteiger partial charge in [-0.1, -0.05) is 29.8 Å². The van der Waals surface area contributed by atoms with Crippen LogP contribution in [0.5, 0.6) is 11.5 Å². The lowest BCUT2D eigenvalue weighted by atomic mass is 10.1. The number of amides is 1. The molecule has 142 valence electrons. The summed E-state index contributed by atoms with van der Waals surface area (Å²) in [5.74, 6) is 0.824. The first-order chi connectivity index (χ1) is 13.7. The van der Waals surface area contributed by atoms with E-state index >= 15 is 0 Å². The molecular formula is C21H18ClN3O3. The van der Waals surface area contributed by atoms with Crippen LogP contribution < -0.4 is 14.4 Å². The number of ether oxygens (including phenoxy) is 2. The molecule has 1 saturated heterocycles. The topological polar surface area (TPSA) is 65.8 Å². The van der Waals surface area contributed by atoms with Gasteiger partial charge in [0.05, 0.1) is 5.02 Å². The Morgan fingerprint density at radius 1 is 1.07 bits per heavy atom. The molecule has 6 nitrogen and oxygen atoms in total. The monoisotopic (exact) mass is 395 g/mol. The number of rotatable bonds is 3. The minimum absolute atomic E-state index is 0.0499. The van der Waals surface area contributed by atoms with Crippen molar-refractivity contribution in [1.82, 2.24) is 4.90 Å². The summed E-state index contributed by atoms with van der Waals surface area (Å²) < 4.78 is 10.6. The summed E-state index contributed by atoms with van der Waals surface area (Å²) in [6.07, 6.45) is 1.51. The van der Waals surface area contributed by atoms with Crippen molar-refractivity contribution in [2.75, 3.05) is 37.9 Å². The first-order valence-electron chi connectivity index (χ1n) is 8.96. The van der Waals surface area contributed by atoms with Crippen molar-refractivity contribution in [2.24, 2.45) is 0 Å². The number of halogens is 1. The predicted octanol–water partition coefficient (Wildman–Crippen LogP) is 3.32. The molecule has 2 aliphatic rings. The lowest BCUT2D eigenvalue weighted by molar-refractivity contribution is -0.126. The fraction of sp³-hybridized carbons (Fsp3) is 0.238. The molecule has 1 fully saturated rings. The third-order valence-corrected chi connectivity index (χ3v) is 5.16. The predicted molar refractivity (Wildman–Crippen MR) is 106 cm³/mol. The fourth-order valence-corrected chi connectivity index (χ4v) is 3.53. The number of piperazine rings is 1. The summed E-state index contributed by atoms with van der Waals surface area (Å²) in [4.78, 5) is 16.8. The standard InChI is InChI=1S/C21H18ClN3O3/c22-18-12-20-19(27-14-28-20)11-15(18)10-16(13-23)21(26)25-8-6-24(7-9-25)17-4-2-1-3-5-17/h1-5,10-12H,6-9,14H2/b16-10-. The van der Waals surface area contributed by atoms with Gasteiger partial charge in [-0.05, 0) is 29.8 Å². The largest absolute Gasteiger partial charge is 0.454 e. The van der Waals surface area contributed by atoms with E-state index in [1.165, 1.54) is 6.08 Å². The summed E-state index contributed by atoms with van der Waals surface area (Å²) in [5, 5.41) is 9.93. The second-order valence-electron chi connectivity index (χ2n) is 6.51. The summed E-state index contributed by atoms with van der Waals surface area (Å²) in [6, 6.07) is 15.4. The van der Waals surface area contributed by atoms with Crippen LogP contribution in [0.25, 0.3) is 6.08 Å². The average Bonchev–Trinajstić information content (AvgIpc) is 3.19. The molecule has 0 radical (unpaired) electrons. The van der Waals surface area contributed by atoms with E-state index in [1.54, 1.807) is 17.0 Å². The van der Waals surface area contributed by atoms with E-state index in [2.05, 4.69) is 17.0 Å². The third-order valence-electron chi connectivity index (χ3n) is 4.83. The van der Waals surface area contributed by atoms with Crippen molar-refractivity contribution in [1.29, 1.82) is 5.26 Å². The maximum Gasteiger partial charge on any atom is 0.264 e. The van der Waals surface area contributed by atoms with Gasteiger partial charge in [0.15, 0.2) is 11.5 Å². The third kappa shape index (κ3) is 3.62. The Bertz CT molecular complexity index is 961. The maximum atomic E-state index is 12.8. The van der Waals surface area contributed by atoms with Gasteiger partial charge >= 0.3 is 0 Å². The highest BCUT2D eigenvalue weighted by Crippen LogP contribution is 2.37. The minimum Gasteiger partial charge on any atom is -0.454 e. The Kier molecular flexibility index (Phi) is 5.09. The van der Waals surface area contributed by atoms with Gasteiger partial charge in [-0.3, -0.25) is 4.79 Å². The molecule has 2 aromatic carbocycles. The van der Waals surface area contributed by atoms with E-state index in [9.17, 15) is 10.1 Å². The van der Waals surface area contributed by atoms with Crippen molar-refractivity contribution < 1.29 is 14.3 Å². The molecule has 0 saturated carbocycles. The van der Waals surface area contributed by atoms with Gasteiger partial charge < -0.3 is 19.3 Å². The van der Waals surface area contributed by atoms with Crippen LogP contribution in [0.15, 0.2) is 48.0 Å². The quantitative estimate of drug-likeness (QED) is 0.589. The van der Waals surface area contributed by atoms with Gasteiger partial charge in [0.1, 0.15) is 11.6 Å². The van der Waals surface area contributed by atoms with Crippen LogP contribution in [0, 0.1) is 11.3 Å². The van der Waals surface area contributed by atoms with Crippen LogP contribution in [0.2, 0.25) is 5.02 Å². The van der Waals surface area contributed by atoms with Gasteiger partial charge in [0, 0.05) is 37.9 Å². The lowest BCUT2D eigenvalue weighted by Crippen LogP contribution is -2.49. The van der Waals surface area contributed by atoms with E-state index < -0.39 is 0 Å². The normalized spacial score (nSPS) is 16.1. The number of hydrogen-bond acceptors (Lipinski definition) is 5. The van der Waals surface area contributed by atoms with Crippen molar-refractivity contribution in [3.8, 4) is 17.6 Å². The van der Waals surface area contributed by atoms with E-state index in [0.717, 1.165) is 18.8 Å². The molecule has 4 rings (SSSR count). The van der Waals surface area contributed by atoms with Gasteiger partial charge in [0.25, 0.3) is 5.91 Å². The van der Waals surface area contributed by atoms with Crippen molar-refractivity contribution >= 4 is 29.3 Å².